The number of nitrogens with one attached hydrogen (secondary N) is 1. The van der Waals surface area contributed by atoms with E-state index in [0.29, 0.717) is 12.6 Å². The minimum Gasteiger partial charge on any atom is -0.323 e. The van der Waals surface area contributed by atoms with Gasteiger partial charge in [0.1, 0.15) is 6.54 Å². The molecule has 1 aliphatic carbocycles. The summed E-state index contributed by atoms with van der Waals surface area (Å²) in [7, 11) is 0. The predicted octanol–water partition coefficient (Wildman–Crippen LogP) is 2.63. The van der Waals surface area contributed by atoms with Gasteiger partial charge in [0, 0.05) is 6.04 Å². The Morgan fingerprint density at radius 2 is 1.92 bits per heavy atom. The first-order chi connectivity index (χ1) is 11.7. The highest BCUT2D eigenvalue weighted by molar-refractivity contribution is 6.10. The van der Waals surface area contributed by atoms with E-state index in [9.17, 15) is 9.59 Å². The molecule has 2 aliphatic heterocycles. The van der Waals surface area contributed by atoms with E-state index in [-0.39, 0.29) is 18.4 Å². The zero-order valence-corrected chi connectivity index (χ0v) is 14.0. The van der Waals surface area contributed by atoms with Gasteiger partial charge >= 0.3 is 0 Å². The number of piperidine rings is 1. The van der Waals surface area contributed by atoms with Gasteiger partial charge < -0.3 is 5.32 Å². The lowest BCUT2D eigenvalue weighted by atomic mass is 9.78. The van der Waals surface area contributed by atoms with Crippen molar-refractivity contribution in [3.05, 3.63) is 24.3 Å². The summed E-state index contributed by atoms with van der Waals surface area (Å²) in [5, 5.41) is 2.85. The molecule has 1 N–H and O–H groups in total. The van der Waals surface area contributed by atoms with Gasteiger partial charge in [-0.05, 0) is 50.3 Å². The average molecular weight is 327 g/mol. The Kier molecular flexibility index (Phi) is 4.27. The fourth-order valence-electron chi connectivity index (χ4n) is 4.64. The van der Waals surface area contributed by atoms with Gasteiger partial charge in [0.15, 0.2) is 0 Å². The molecule has 5 heteroatoms. The highest BCUT2D eigenvalue weighted by Gasteiger charge is 2.35. The molecule has 0 radical (unpaired) electrons. The Morgan fingerprint density at radius 3 is 2.83 bits per heavy atom. The summed E-state index contributed by atoms with van der Waals surface area (Å²) in [4.78, 5) is 28.9. The first-order valence-electron chi connectivity index (χ1n) is 9.15. The van der Waals surface area contributed by atoms with Gasteiger partial charge in [-0.15, -0.1) is 0 Å². The lowest BCUT2D eigenvalue weighted by molar-refractivity contribution is -0.123. The largest absolute Gasteiger partial charge is 0.323 e. The Morgan fingerprint density at radius 1 is 1.12 bits per heavy atom. The lowest BCUT2D eigenvalue weighted by Gasteiger charge is -2.44. The average Bonchev–Trinajstić information content (AvgIpc) is 2.61. The normalized spacial score (nSPS) is 27.2. The smallest absolute Gasteiger partial charge is 0.244 e. The van der Waals surface area contributed by atoms with Gasteiger partial charge in [-0.25, -0.2) is 0 Å². The summed E-state index contributed by atoms with van der Waals surface area (Å²) in [6.45, 7) is 1.56. The fraction of sp³-hybridized carbons (Fsp3) is 0.579. The van der Waals surface area contributed by atoms with Crippen molar-refractivity contribution in [1.82, 2.24) is 4.90 Å². The summed E-state index contributed by atoms with van der Waals surface area (Å²) in [5.74, 6) is 0.692. The van der Waals surface area contributed by atoms with Crippen molar-refractivity contribution in [1.29, 1.82) is 0 Å². The van der Waals surface area contributed by atoms with Crippen LogP contribution in [-0.4, -0.2) is 42.4 Å². The second kappa shape index (κ2) is 6.55. The van der Waals surface area contributed by atoms with E-state index in [2.05, 4.69) is 10.2 Å². The van der Waals surface area contributed by atoms with Crippen molar-refractivity contribution in [2.45, 2.75) is 44.6 Å². The monoisotopic (exact) mass is 327 g/mol. The number of anilines is 2. The molecule has 0 bridgehead atoms. The lowest BCUT2D eigenvalue weighted by Crippen LogP contribution is -2.52. The molecule has 2 atom stereocenters. The topological polar surface area (TPSA) is 52.7 Å². The fourth-order valence-corrected chi connectivity index (χ4v) is 4.64. The van der Waals surface area contributed by atoms with Crippen LogP contribution in [0.5, 0.6) is 0 Å². The molecule has 4 rings (SSSR count). The number of nitrogens with zero attached hydrogens (tertiary/aromatic N) is 2. The summed E-state index contributed by atoms with van der Waals surface area (Å²) in [5.41, 5.74) is 1.55. The number of carbonyl (C=O) groups is 2. The molecule has 128 valence electrons. The van der Waals surface area contributed by atoms with Crippen LogP contribution in [0.25, 0.3) is 0 Å². The molecular weight excluding hydrogens is 302 g/mol. The second-order valence-electron chi connectivity index (χ2n) is 7.27. The molecule has 1 aromatic rings. The van der Waals surface area contributed by atoms with Crippen LogP contribution in [-0.2, 0) is 9.59 Å². The minimum absolute atomic E-state index is 0.0449. The van der Waals surface area contributed by atoms with Crippen LogP contribution in [0.15, 0.2) is 24.3 Å². The first kappa shape index (κ1) is 15.6. The Bertz CT molecular complexity index is 643. The zero-order valence-electron chi connectivity index (χ0n) is 14.0. The number of benzene rings is 1. The Balaban J connectivity index is 1.51. The van der Waals surface area contributed by atoms with Crippen molar-refractivity contribution in [3.8, 4) is 0 Å². The maximum Gasteiger partial charge on any atom is 0.244 e. The Labute approximate surface area is 143 Å². The van der Waals surface area contributed by atoms with E-state index in [1.165, 1.54) is 38.5 Å². The third-order valence-corrected chi connectivity index (χ3v) is 5.77. The predicted molar refractivity (Wildman–Crippen MR) is 94.0 cm³/mol. The minimum atomic E-state index is -0.115. The van der Waals surface area contributed by atoms with Gasteiger partial charge in [0.25, 0.3) is 0 Å². The van der Waals surface area contributed by atoms with Crippen LogP contribution < -0.4 is 10.2 Å². The van der Waals surface area contributed by atoms with E-state index in [0.717, 1.165) is 23.8 Å². The van der Waals surface area contributed by atoms with Gasteiger partial charge in [-0.3, -0.25) is 19.4 Å². The van der Waals surface area contributed by atoms with Gasteiger partial charge in [0.05, 0.1) is 17.9 Å². The number of likely N-dealkylation sites (tertiary alicyclic amines) is 1. The molecule has 5 nitrogen and oxygen atoms in total. The molecule has 2 fully saturated rings. The van der Waals surface area contributed by atoms with E-state index in [1.54, 1.807) is 4.90 Å². The molecule has 0 spiro atoms. The van der Waals surface area contributed by atoms with Crippen molar-refractivity contribution >= 4 is 23.2 Å². The number of rotatable bonds is 2. The number of amides is 2. The van der Waals surface area contributed by atoms with E-state index < -0.39 is 0 Å². The summed E-state index contributed by atoms with van der Waals surface area (Å²) in [6, 6.07) is 8.11. The van der Waals surface area contributed by atoms with Crippen LogP contribution in [0.1, 0.15) is 38.5 Å². The van der Waals surface area contributed by atoms with Gasteiger partial charge in [0.2, 0.25) is 11.8 Å². The highest BCUT2D eigenvalue weighted by Crippen LogP contribution is 2.35. The molecule has 0 aromatic heterocycles. The van der Waals surface area contributed by atoms with Crippen molar-refractivity contribution in [2.24, 2.45) is 5.92 Å². The molecule has 1 saturated carbocycles. The van der Waals surface area contributed by atoms with Crippen LogP contribution in [0, 0.1) is 5.92 Å². The molecule has 3 aliphatic rings. The van der Waals surface area contributed by atoms with Crippen molar-refractivity contribution in [3.63, 3.8) is 0 Å². The SMILES string of the molecule is O=C1CN(C(=O)CN2CCC[C@@H]3CCCC[C@@H]32)c2ccccc2N1. The molecule has 2 heterocycles. The zero-order chi connectivity index (χ0) is 16.5. The number of hydrogen-bond donors (Lipinski definition) is 1. The van der Waals surface area contributed by atoms with Crippen molar-refractivity contribution in [2.75, 3.05) is 29.9 Å². The number of fused-ring (bicyclic) bond motifs is 2. The first-order valence-corrected chi connectivity index (χ1v) is 9.15. The molecular formula is C19H25N3O2. The quantitative estimate of drug-likeness (QED) is 0.908. The molecule has 1 aromatic carbocycles. The Hall–Kier alpha value is -1.88. The van der Waals surface area contributed by atoms with E-state index >= 15 is 0 Å². The molecule has 1 saturated heterocycles. The number of hydrogen-bond acceptors (Lipinski definition) is 3. The van der Waals surface area contributed by atoms with Crippen LogP contribution in [0.3, 0.4) is 0 Å². The number of para-hydroxylation sites is 2. The van der Waals surface area contributed by atoms with E-state index in [1.807, 2.05) is 24.3 Å². The van der Waals surface area contributed by atoms with Gasteiger partial charge in [-0.1, -0.05) is 25.0 Å². The van der Waals surface area contributed by atoms with E-state index in [4.69, 9.17) is 0 Å². The second-order valence-corrected chi connectivity index (χ2v) is 7.27. The van der Waals surface area contributed by atoms with Crippen LogP contribution in [0.4, 0.5) is 11.4 Å². The van der Waals surface area contributed by atoms with Crippen molar-refractivity contribution < 1.29 is 9.59 Å². The summed E-state index contributed by atoms with van der Waals surface area (Å²) < 4.78 is 0. The molecule has 24 heavy (non-hydrogen) atoms. The molecule has 2 amide bonds. The third-order valence-electron chi connectivity index (χ3n) is 5.77. The summed E-state index contributed by atoms with van der Waals surface area (Å²) in [6.07, 6.45) is 7.64. The molecule has 0 unspecified atom stereocenters. The number of carbonyl (C=O) groups excluding carboxylic acids is 2. The highest BCUT2D eigenvalue weighted by atomic mass is 16.2. The standard InChI is InChI=1S/C19H25N3O2/c23-18-12-22(17-10-4-2-8-15(17)20-18)19(24)13-21-11-5-7-14-6-1-3-9-16(14)21/h2,4,8,10,14,16H,1,3,5-7,9,11-13H2,(H,20,23)/t14-,16-/m0/s1. The van der Waals surface area contributed by atoms with Crippen LogP contribution >= 0.6 is 0 Å². The van der Waals surface area contributed by atoms with Crippen LogP contribution in [0.2, 0.25) is 0 Å². The maximum absolute atomic E-state index is 13.0. The maximum atomic E-state index is 13.0. The summed E-state index contributed by atoms with van der Waals surface area (Å²) >= 11 is 0. The van der Waals surface area contributed by atoms with Gasteiger partial charge in [-0.2, -0.15) is 0 Å². The third kappa shape index (κ3) is 2.93.